The highest BCUT2D eigenvalue weighted by molar-refractivity contribution is 7.12. The molecule has 2 rings (SSSR count). The fourth-order valence-electron chi connectivity index (χ4n) is 1.51. The van der Waals surface area contributed by atoms with Gasteiger partial charge in [-0.25, -0.2) is 4.79 Å². The van der Waals surface area contributed by atoms with E-state index in [4.69, 9.17) is 9.47 Å². The molecular weight excluding hydrogens is 280 g/mol. The highest BCUT2D eigenvalue weighted by Gasteiger charge is 2.16. The van der Waals surface area contributed by atoms with Gasteiger partial charge in [-0.15, -0.1) is 16.4 Å². The van der Waals surface area contributed by atoms with Crippen LogP contribution in [0, 0.1) is 0 Å². The smallest absolute Gasteiger partial charge is 0.350 e. The van der Waals surface area contributed by atoms with E-state index in [0.717, 1.165) is 12.8 Å². The zero-order valence-corrected chi connectivity index (χ0v) is 12.0. The maximum atomic E-state index is 12.0. The number of thiophene rings is 1. The minimum absolute atomic E-state index is 0.246. The minimum Gasteiger partial charge on any atom is -0.459 e. The molecule has 7 nitrogen and oxygen atoms in total. The Morgan fingerprint density at radius 1 is 1.40 bits per heavy atom. The van der Waals surface area contributed by atoms with Crippen molar-refractivity contribution in [2.24, 2.45) is 0 Å². The van der Waals surface area contributed by atoms with Crippen LogP contribution < -0.4 is 0 Å². The van der Waals surface area contributed by atoms with Gasteiger partial charge >= 0.3 is 5.97 Å². The van der Waals surface area contributed by atoms with Crippen molar-refractivity contribution < 1.29 is 14.3 Å². The number of aromatic nitrogens is 4. The number of hydrogen-bond donors (Lipinski definition) is 0. The topological polar surface area (TPSA) is 79.1 Å². The highest BCUT2D eigenvalue weighted by Crippen LogP contribution is 2.20. The molecule has 0 radical (unpaired) electrons. The molecule has 8 heteroatoms. The Bertz CT molecular complexity index is 527. The van der Waals surface area contributed by atoms with E-state index in [1.807, 2.05) is 0 Å². The molecule has 0 aliphatic heterocycles. The fraction of sp³-hybridized carbons (Fsp3) is 0.500. The van der Waals surface area contributed by atoms with Gasteiger partial charge in [0.05, 0.1) is 12.3 Å². The van der Waals surface area contributed by atoms with Crippen LogP contribution in [0.2, 0.25) is 0 Å². The maximum Gasteiger partial charge on any atom is 0.350 e. The van der Waals surface area contributed by atoms with Gasteiger partial charge in [-0.1, -0.05) is 13.3 Å². The molecule has 2 aromatic rings. The zero-order chi connectivity index (χ0) is 14.2. The van der Waals surface area contributed by atoms with Gasteiger partial charge in [-0.05, 0) is 28.3 Å². The molecule has 0 bridgehead atoms. The van der Waals surface area contributed by atoms with Gasteiger partial charge < -0.3 is 9.47 Å². The van der Waals surface area contributed by atoms with E-state index in [1.165, 1.54) is 22.3 Å². The lowest BCUT2D eigenvalue weighted by atomic mass is 10.4. The summed E-state index contributed by atoms with van der Waals surface area (Å²) in [5, 5.41) is 12.7. The van der Waals surface area contributed by atoms with Crippen molar-refractivity contribution in [2.75, 3.05) is 19.8 Å². The Balaban J connectivity index is 1.83. The zero-order valence-electron chi connectivity index (χ0n) is 11.2. The van der Waals surface area contributed by atoms with E-state index in [9.17, 15) is 4.79 Å². The molecule has 2 heterocycles. The summed E-state index contributed by atoms with van der Waals surface area (Å²) in [6.07, 6.45) is 3.54. The van der Waals surface area contributed by atoms with Gasteiger partial charge in [0.25, 0.3) is 0 Å². The molecule has 0 fully saturated rings. The van der Waals surface area contributed by atoms with Crippen LogP contribution in [-0.4, -0.2) is 46.0 Å². The lowest BCUT2D eigenvalue weighted by Crippen LogP contribution is -2.12. The third-order valence-electron chi connectivity index (χ3n) is 2.53. The van der Waals surface area contributed by atoms with Crippen molar-refractivity contribution in [2.45, 2.75) is 19.8 Å². The van der Waals surface area contributed by atoms with E-state index in [2.05, 4.69) is 22.4 Å². The Morgan fingerprint density at radius 3 is 3.05 bits per heavy atom. The van der Waals surface area contributed by atoms with Crippen LogP contribution in [0.5, 0.6) is 0 Å². The Kier molecular flexibility index (Phi) is 5.63. The molecular formula is C12H16N4O3S. The SMILES string of the molecule is CCCCOCCOC(=O)c1sccc1-n1cnnn1. The number of carbonyl (C=O) groups excluding carboxylic acids is 1. The second kappa shape index (κ2) is 7.71. The molecule has 0 aliphatic rings. The molecule has 0 atom stereocenters. The summed E-state index contributed by atoms with van der Waals surface area (Å²) in [7, 11) is 0. The molecule has 0 amide bonds. The largest absolute Gasteiger partial charge is 0.459 e. The maximum absolute atomic E-state index is 12.0. The predicted octanol–water partition coefficient (Wildman–Crippen LogP) is 1.70. The number of nitrogens with zero attached hydrogens (tertiary/aromatic N) is 4. The summed E-state index contributed by atoms with van der Waals surface area (Å²) >= 11 is 1.30. The summed E-state index contributed by atoms with van der Waals surface area (Å²) in [5.41, 5.74) is 0.622. The molecule has 0 aromatic carbocycles. The highest BCUT2D eigenvalue weighted by atomic mass is 32.1. The van der Waals surface area contributed by atoms with Crippen molar-refractivity contribution in [3.05, 3.63) is 22.7 Å². The number of tetrazole rings is 1. The molecule has 2 aromatic heterocycles. The number of unbranched alkanes of at least 4 members (excludes halogenated alkanes) is 1. The molecule has 0 aliphatic carbocycles. The lowest BCUT2D eigenvalue weighted by Gasteiger charge is -2.06. The van der Waals surface area contributed by atoms with Crippen LogP contribution in [0.3, 0.4) is 0 Å². The number of esters is 1. The van der Waals surface area contributed by atoms with Crippen LogP contribution in [0.15, 0.2) is 17.8 Å². The average molecular weight is 296 g/mol. The van der Waals surface area contributed by atoms with Gasteiger partial charge in [-0.3, -0.25) is 0 Å². The monoisotopic (exact) mass is 296 g/mol. The minimum atomic E-state index is -0.385. The van der Waals surface area contributed by atoms with Gasteiger partial charge in [0.15, 0.2) is 0 Å². The first-order chi connectivity index (χ1) is 9.83. The van der Waals surface area contributed by atoms with E-state index in [0.29, 0.717) is 23.8 Å². The molecule has 20 heavy (non-hydrogen) atoms. The van der Waals surface area contributed by atoms with Crippen LogP contribution in [0.25, 0.3) is 5.69 Å². The van der Waals surface area contributed by atoms with Crippen molar-refractivity contribution >= 4 is 17.3 Å². The standard InChI is InChI=1S/C12H16N4O3S/c1-2-3-5-18-6-7-19-12(17)11-10(4-8-20-11)16-9-13-14-15-16/h4,8-9H,2-3,5-7H2,1H3. The molecule has 0 spiro atoms. The third kappa shape index (κ3) is 3.84. The molecule has 0 unspecified atom stereocenters. The van der Waals surface area contributed by atoms with Gasteiger partial charge in [-0.2, -0.15) is 4.68 Å². The first-order valence-corrected chi connectivity index (χ1v) is 7.26. The first-order valence-electron chi connectivity index (χ1n) is 6.38. The molecule has 0 saturated heterocycles. The number of rotatable bonds is 8. The number of hydrogen-bond acceptors (Lipinski definition) is 7. The van der Waals surface area contributed by atoms with Crippen molar-refractivity contribution in [1.82, 2.24) is 20.2 Å². The number of carbonyl (C=O) groups is 1. The first kappa shape index (κ1) is 14.6. The second-order valence-electron chi connectivity index (χ2n) is 3.99. The second-order valence-corrected chi connectivity index (χ2v) is 4.91. The van der Waals surface area contributed by atoms with Gasteiger partial charge in [0, 0.05) is 6.61 Å². The Labute approximate surface area is 120 Å². The third-order valence-corrected chi connectivity index (χ3v) is 3.41. The van der Waals surface area contributed by atoms with E-state index in [-0.39, 0.29) is 12.6 Å². The van der Waals surface area contributed by atoms with Crippen LogP contribution >= 0.6 is 11.3 Å². The lowest BCUT2D eigenvalue weighted by molar-refractivity contribution is 0.0318. The van der Waals surface area contributed by atoms with Crippen LogP contribution in [0.1, 0.15) is 29.4 Å². The van der Waals surface area contributed by atoms with Crippen molar-refractivity contribution in [1.29, 1.82) is 0 Å². The summed E-state index contributed by atoms with van der Waals surface area (Å²) in [4.78, 5) is 12.4. The normalized spacial score (nSPS) is 10.7. The summed E-state index contributed by atoms with van der Waals surface area (Å²) in [6.45, 7) is 3.45. The van der Waals surface area contributed by atoms with E-state index in [1.54, 1.807) is 11.4 Å². The van der Waals surface area contributed by atoms with Gasteiger partial charge in [0.1, 0.15) is 17.8 Å². The van der Waals surface area contributed by atoms with Gasteiger partial charge in [0.2, 0.25) is 0 Å². The fourth-order valence-corrected chi connectivity index (χ4v) is 2.29. The Morgan fingerprint density at radius 2 is 2.30 bits per heavy atom. The number of ether oxygens (including phenoxy) is 2. The summed E-state index contributed by atoms with van der Waals surface area (Å²) in [5.74, 6) is -0.385. The van der Waals surface area contributed by atoms with E-state index >= 15 is 0 Å². The van der Waals surface area contributed by atoms with Crippen LogP contribution in [-0.2, 0) is 9.47 Å². The summed E-state index contributed by atoms with van der Waals surface area (Å²) < 4.78 is 11.9. The van der Waals surface area contributed by atoms with E-state index < -0.39 is 0 Å². The Hall–Kier alpha value is -1.80. The quantitative estimate of drug-likeness (QED) is 0.545. The molecule has 0 saturated carbocycles. The summed E-state index contributed by atoms with van der Waals surface area (Å²) in [6, 6.07) is 1.77. The average Bonchev–Trinajstić information content (AvgIpc) is 3.11. The molecule has 108 valence electrons. The van der Waals surface area contributed by atoms with Crippen molar-refractivity contribution in [3.8, 4) is 5.69 Å². The van der Waals surface area contributed by atoms with Crippen LogP contribution in [0.4, 0.5) is 0 Å². The van der Waals surface area contributed by atoms with Crippen molar-refractivity contribution in [3.63, 3.8) is 0 Å². The molecule has 0 N–H and O–H groups in total. The predicted molar refractivity (Wildman–Crippen MR) is 73.0 cm³/mol.